The van der Waals surface area contributed by atoms with E-state index < -0.39 is 0 Å². The Hall–Kier alpha value is -1.49. The number of hydrogen-bond donors (Lipinski definition) is 0. The lowest BCUT2D eigenvalue weighted by molar-refractivity contribution is 0.102. The van der Waals surface area contributed by atoms with Crippen molar-refractivity contribution in [2.24, 2.45) is 0 Å². The van der Waals surface area contributed by atoms with E-state index in [1.54, 1.807) is 11.8 Å². The fourth-order valence-electron chi connectivity index (χ4n) is 2.88. The van der Waals surface area contributed by atoms with Gasteiger partial charge in [-0.25, -0.2) is 0 Å². The molecule has 0 spiro atoms. The van der Waals surface area contributed by atoms with Gasteiger partial charge in [0.25, 0.3) is 0 Å². The highest BCUT2D eigenvalue weighted by Gasteiger charge is 2.16. The van der Waals surface area contributed by atoms with Crippen molar-refractivity contribution in [2.75, 3.05) is 5.75 Å². The number of halogens is 2. The molecule has 3 aromatic rings. The van der Waals surface area contributed by atoms with Crippen molar-refractivity contribution >= 4 is 45.1 Å². The summed E-state index contributed by atoms with van der Waals surface area (Å²) in [6, 6.07) is 17.8. The smallest absolute Gasteiger partial charge is 0.174 e. The third kappa shape index (κ3) is 4.43. The zero-order chi connectivity index (χ0) is 18.7. The molecule has 0 aliphatic rings. The minimum absolute atomic E-state index is 0.149. The highest BCUT2D eigenvalue weighted by molar-refractivity contribution is 9.10. The summed E-state index contributed by atoms with van der Waals surface area (Å²) in [7, 11) is 0. The maximum absolute atomic E-state index is 12.7. The van der Waals surface area contributed by atoms with E-state index in [1.165, 1.54) is 0 Å². The van der Waals surface area contributed by atoms with Gasteiger partial charge < -0.3 is 4.57 Å². The first-order chi connectivity index (χ1) is 12.5. The minimum atomic E-state index is 0.149. The van der Waals surface area contributed by atoms with E-state index in [4.69, 9.17) is 11.6 Å². The summed E-state index contributed by atoms with van der Waals surface area (Å²) in [5.74, 6) is 0.578. The van der Waals surface area contributed by atoms with E-state index in [0.717, 1.165) is 36.9 Å². The second-order valence-corrected chi connectivity index (χ2v) is 8.50. The molecule has 1 heterocycles. The molecule has 3 rings (SSSR count). The Morgan fingerprint density at radius 2 is 1.81 bits per heavy atom. The third-order valence-corrected chi connectivity index (χ3v) is 6.25. The van der Waals surface area contributed by atoms with Crippen LogP contribution < -0.4 is 0 Å². The van der Waals surface area contributed by atoms with Gasteiger partial charge >= 0.3 is 0 Å². The number of thioether (sulfide) groups is 1. The average Bonchev–Trinajstić information content (AvgIpc) is 2.91. The molecule has 2 aromatic carbocycles. The van der Waals surface area contributed by atoms with Crippen LogP contribution in [0.3, 0.4) is 0 Å². The number of benzene rings is 2. The molecule has 0 N–H and O–H groups in total. The Morgan fingerprint density at radius 3 is 2.50 bits per heavy atom. The molecule has 2 nitrogen and oxygen atoms in total. The van der Waals surface area contributed by atoms with Gasteiger partial charge in [0.15, 0.2) is 5.78 Å². The van der Waals surface area contributed by atoms with Gasteiger partial charge in [-0.05, 0) is 55.8 Å². The number of aromatic nitrogens is 1. The van der Waals surface area contributed by atoms with Crippen LogP contribution in [-0.4, -0.2) is 16.1 Å². The maximum atomic E-state index is 12.7. The van der Waals surface area contributed by atoms with E-state index in [-0.39, 0.29) is 5.78 Å². The molecule has 0 atom stereocenters. The summed E-state index contributed by atoms with van der Waals surface area (Å²) < 4.78 is 3.19. The van der Waals surface area contributed by atoms with Crippen LogP contribution >= 0.6 is 39.3 Å². The van der Waals surface area contributed by atoms with Crippen LogP contribution in [0.1, 0.15) is 27.3 Å². The Labute approximate surface area is 171 Å². The Morgan fingerprint density at radius 1 is 1.12 bits per heavy atom. The zero-order valence-corrected chi connectivity index (χ0v) is 17.8. The first-order valence-corrected chi connectivity index (χ1v) is 10.4. The van der Waals surface area contributed by atoms with Crippen molar-refractivity contribution in [3.05, 3.63) is 86.6 Å². The number of aryl methyl sites for hydroxylation is 1. The van der Waals surface area contributed by atoms with E-state index in [9.17, 15) is 4.79 Å². The van der Waals surface area contributed by atoms with Crippen molar-refractivity contribution in [1.29, 1.82) is 0 Å². The van der Waals surface area contributed by atoms with Crippen molar-refractivity contribution in [3.63, 3.8) is 0 Å². The fraction of sp³-hybridized carbons (Fsp3) is 0.190. The zero-order valence-electron chi connectivity index (χ0n) is 14.6. The molecule has 5 heteroatoms. The fourth-order valence-corrected chi connectivity index (χ4v) is 4.12. The molecular formula is C21H19BrClNOS. The van der Waals surface area contributed by atoms with Gasteiger partial charge in [-0.3, -0.25) is 4.79 Å². The monoisotopic (exact) mass is 447 g/mol. The molecule has 26 heavy (non-hydrogen) atoms. The number of carbonyl (C=O) groups excluding carboxylic acids is 1. The number of rotatable bonds is 6. The molecule has 0 unspecified atom stereocenters. The Balaban J connectivity index is 1.75. The van der Waals surface area contributed by atoms with Gasteiger partial charge in [-0.15, -0.1) is 11.8 Å². The SMILES string of the molecule is Cc1cc(C(=O)CSc2ccc(Br)cc2)c(C)n1Cc1ccccc1Cl. The van der Waals surface area contributed by atoms with Gasteiger partial charge in [0.1, 0.15) is 0 Å². The van der Waals surface area contributed by atoms with Crippen LogP contribution in [0, 0.1) is 13.8 Å². The number of carbonyl (C=O) groups is 1. The predicted octanol–water partition coefficient (Wildman–Crippen LogP) is 6.54. The lowest BCUT2D eigenvalue weighted by Gasteiger charge is -2.11. The average molecular weight is 449 g/mol. The van der Waals surface area contributed by atoms with Crippen LogP contribution in [0.2, 0.25) is 5.02 Å². The lowest BCUT2D eigenvalue weighted by atomic mass is 10.2. The molecule has 134 valence electrons. The van der Waals surface area contributed by atoms with Crippen molar-refractivity contribution in [3.8, 4) is 0 Å². The number of Topliss-reactive ketones (excluding diaryl/α,β-unsaturated/α-hetero) is 1. The van der Waals surface area contributed by atoms with Gasteiger partial charge in [-0.1, -0.05) is 45.7 Å². The standard InChI is InChI=1S/C21H19BrClNOS/c1-14-11-19(21(25)13-26-18-9-7-17(22)8-10-18)15(2)24(14)12-16-5-3-4-6-20(16)23/h3-11H,12-13H2,1-2H3. The summed E-state index contributed by atoms with van der Waals surface area (Å²) >= 11 is 11.3. The number of hydrogen-bond acceptors (Lipinski definition) is 2. The molecule has 0 saturated heterocycles. The minimum Gasteiger partial charge on any atom is -0.344 e. The molecule has 0 fully saturated rings. The van der Waals surface area contributed by atoms with E-state index in [2.05, 4.69) is 20.5 Å². The predicted molar refractivity (Wildman–Crippen MR) is 114 cm³/mol. The highest BCUT2D eigenvalue weighted by atomic mass is 79.9. The molecule has 1 aromatic heterocycles. The molecule has 0 amide bonds. The highest BCUT2D eigenvalue weighted by Crippen LogP contribution is 2.25. The summed E-state index contributed by atoms with van der Waals surface area (Å²) in [4.78, 5) is 13.8. The first-order valence-electron chi connectivity index (χ1n) is 8.27. The van der Waals surface area contributed by atoms with Gasteiger partial charge in [0, 0.05) is 37.9 Å². The molecule has 0 bridgehead atoms. The van der Waals surface area contributed by atoms with Crippen LogP contribution in [-0.2, 0) is 6.54 Å². The molecule has 0 saturated carbocycles. The normalized spacial score (nSPS) is 10.9. The molecule has 0 aliphatic heterocycles. The summed E-state index contributed by atoms with van der Waals surface area (Å²) in [6.45, 7) is 4.70. The van der Waals surface area contributed by atoms with Crippen molar-refractivity contribution < 1.29 is 4.79 Å². The van der Waals surface area contributed by atoms with Crippen LogP contribution in [0.15, 0.2) is 64.0 Å². The third-order valence-electron chi connectivity index (χ3n) is 4.34. The van der Waals surface area contributed by atoms with Gasteiger partial charge in [0.2, 0.25) is 0 Å². The lowest BCUT2D eigenvalue weighted by Crippen LogP contribution is -2.08. The molecule has 0 aliphatic carbocycles. The Kier molecular flexibility index (Phi) is 6.28. The van der Waals surface area contributed by atoms with Crippen molar-refractivity contribution in [1.82, 2.24) is 4.57 Å². The number of ketones is 1. The summed E-state index contributed by atoms with van der Waals surface area (Å²) in [5.41, 5.74) is 3.90. The van der Waals surface area contributed by atoms with Crippen molar-refractivity contribution in [2.45, 2.75) is 25.3 Å². The first kappa shape index (κ1) is 19.3. The topological polar surface area (TPSA) is 22.0 Å². The van der Waals surface area contributed by atoms with Crippen LogP contribution in [0.25, 0.3) is 0 Å². The van der Waals surface area contributed by atoms with E-state index in [0.29, 0.717) is 12.3 Å². The second kappa shape index (κ2) is 8.47. The Bertz CT molecular complexity index is 934. The number of nitrogens with zero attached hydrogens (tertiary/aromatic N) is 1. The molecular weight excluding hydrogens is 430 g/mol. The van der Waals surface area contributed by atoms with Gasteiger partial charge in [-0.2, -0.15) is 0 Å². The van der Waals surface area contributed by atoms with Gasteiger partial charge in [0.05, 0.1) is 5.75 Å². The van der Waals surface area contributed by atoms with Crippen LogP contribution in [0.4, 0.5) is 0 Å². The van der Waals surface area contributed by atoms with Crippen LogP contribution in [0.5, 0.6) is 0 Å². The largest absolute Gasteiger partial charge is 0.344 e. The van der Waals surface area contributed by atoms with E-state index >= 15 is 0 Å². The summed E-state index contributed by atoms with van der Waals surface area (Å²) in [5, 5.41) is 0.749. The quantitative estimate of drug-likeness (QED) is 0.315. The van der Waals surface area contributed by atoms with E-state index in [1.807, 2.05) is 68.4 Å². The maximum Gasteiger partial charge on any atom is 0.174 e. The molecule has 0 radical (unpaired) electrons. The second-order valence-electron chi connectivity index (χ2n) is 6.13. The summed E-state index contributed by atoms with van der Waals surface area (Å²) in [6.07, 6.45) is 0.